The van der Waals surface area contributed by atoms with E-state index >= 15 is 0 Å². The van der Waals surface area contributed by atoms with Crippen LogP contribution >= 0.6 is 0 Å². The van der Waals surface area contributed by atoms with Crippen LogP contribution in [0.3, 0.4) is 0 Å². The van der Waals surface area contributed by atoms with E-state index in [0.717, 1.165) is 24.8 Å². The molecule has 0 aliphatic heterocycles. The van der Waals surface area contributed by atoms with E-state index in [1.54, 1.807) is 6.26 Å². The largest absolute Gasteiger partial charge is 0.498 e. The molecule has 1 fully saturated rings. The molecule has 0 bridgehead atoms. The van der Waals surface area contributed by atoms with Crippen molar-refractivity contribution in [3.05, 3.63) is 11.8 Å². The van der Waals surface area contributed by atoms with Crippen molar-refractivity contribution in [1.82, 2.24) is 0 Å². The molecule has 0 unspecified atom stereocenters. The molecule has 1 aliphatic rings. The van der Waals surface area contributed by atoms with E-state index < -0.39 is 0 Å². The quantitative estimate of drug-likeness (QED) is 0.467. The van der Waals surface area contributed by atoms with Gasteiger partial charge in [0.05, 0.1) is 12.4 Å². The molecule has 0 aromatic rings. The van der Waals surface area contributed by atoms with Gasteiger partial charge in [-0.3, -0.25) is 4.79 Å². The van der Waals surface area contributed by atoms with Crippen molar-refractivity contribution in [1.29, 1.82) is 0 Å². The topological polar surface area (TPSA) is 26.3 Å². The van der Waals surface area contributed by atoms with E-state index in [4.69, 9.17) is 4.74 Å². The van der Waals surface area contributed by atoms with Gasteiger partial charge < -0.3 is 4.74 Å². The highest BCUT2D eigenvalue weighted by Crippen LogP contribution is 2.19. The third-order valence-corrected chi connectivity index (χ3v) is 1.94. The summed E-state index contributed by atoms with van der Waals surface area (Å²) in [6.45, 7) is 3.93. The van der Waals surface area contributed by atoms with Crippen LogP contribution in [0, 0.1) is 0 Å². The number of hydrogen-bond acceptors (Lipinski definition) is 2. The fraction of sp³-hybridized carbons (Fsp3) is 0.700. The fourth-order valence-electron chi connectivity index (χ4n) is 1.24. The van der Waals surface area contributed by atoms with E-state index in [-0.39, 0.29) is 11.9 Å². The fourth-order valence-corrected chi connectivity index (χ4v) is 1.24. The number of allylic oxidation sites excluding steroid dienone is 1. The zero-order valence-electron chi connectivity index (χ0n) is 7.80. The lowest BCUT2D eigenvalue weighted by Gasteiger charge is -2.13. The average Bonchev–Trinajstić information content (AvgIpc) is 2.03. The summed E-state index contributed by atoms with van der Waals surface area (Å²) in [7, 11) is 0. The van der Waals surface area contributed by atoms with E-state index in [1.807, 2.05) is 13.8 Å². The first-order chi connectivity index (χ1) is 5.70. The van der Waals surface area contributed by atoms with E-state index in [0.29, 0.717) is 6.42 Å². The summed E-state index contributed by atoms with van der Waals surface area (Å²) in [5.41, 5.74) is 0.870. The summed E-state index contributed by atoms with van der Waals surface area (Å²) in [5.74, 6) is 0.266. The molecule has 0 radical (unpaired) electrons. The number of carbonyl (C=O) groups is 1. The molecule has 0 aromatic heterocycles. The van der Waals surface area contributed by atoms with Gasteiger partial charge in [0.15, 0.2) is 5.78 Å². The Bertz CT molecular complexity index is 192. The molecule has 2 nitrogen and oxygen atoms in total. The predicted molar refractivity (Wildman–Crippen MR) is 47.8 cm³/mol. The lowest BCUT2D eigenvalue weighted by atomic mass is 9.95. The summed E-state index contributed by atoms with van der Waals surface area (Å²) in [6.07, 6.45) is 5.58. The third-order valence-electron chi connectivity index (χ3n) is 1.94. The Morgan fingerprint density at radius 1 is 1.33 bits per heavy atom. The molecule has 12 heavy (non-hydrogen) atoms. The minimum atomic E-state index is 0.173. The molecule has 68 valence electrons. The van der Waals surface area contributed by atoms with Gasteiger partial charge in [-0.05, 0) is 33.1 Å². The van der Waals surface area contributed by atoms with Crippen LogP contribution in [0.5, 0.6) is 0 Å². The maximum atomic E-state index is 11.3. The molecule has 0 atom stereocenters. The summed E-state index contributed by atoms with van der Waals surface area (Å²) in [5, 5.41) is 0. The van der Waals surface area contributed by atoms with Gasteiger partial charge >= 0.3 is 0 Å². The molecule has 0 heterocycles. The lowest BCUT2D eigenvalue weighted by molar-refractivity contribution is -0.116. The van der Waals surface area contributed by atoms with Crippen molar-refractivity contribution in [2.24, 2.45) is 0 Å². The van der Waals surface area contributed by atoms with Crippen molar-refractivity contribution < 1.29 is 9.53 Å². The minimum absolute atomic E-state index is 0.173. The number of hydrogen-bond donors (Lipinski definition) is 0. The first-order valence-electron chi connectivity index (χ1n) is 4.58. The Balaban J connectivity index is 2.47. The smallest absolute Gasteiger partial charge is 0.161 e. The van der Waals surface area contributed by atoms with Gasteiger partial charge in [-0.25, -0.2) is 0 Å². The van der Waals surface area contributed by atoms with Crippen LogP contribution in [0.2, 0.25) is 0 Å². The Kier molecular flexibility index (Phi) is 3.32. The summed E-state index contributed by atoms with van der Waals surface area (Å²) < 4.78 is 5.27. The minimum Gasteiger partial charge on any atom is -0.498 e. The monoisotopic (exact) mass is 168 g/mol. The molecule has 1 rings (SSSR count). The molecule has 0 aromatic carbocycles. The lowest BCUT2D eigenvalue weighted by Crippen LogP contribution is -2.09. The Hall–Kier alpha value is -0.790. The maximum absolute atomic E-state index is 11.3. The second-order valence-electron chi connectivity index (χ2n) is 3.46. The Labute approximate surface area is 73.6 Å². The SMILES string of the molecule is CC(C)O/C=C1\CCCCC1=O. The summed E-state index contributed by atoms with van der Waals surface area (Å²) in [4.78, 5) is 11.3. The zero-order chi connectivity index (χ0) is 8.97. The van der Waals surface area contributed by atoms with Crippen LogP contribution in [-0.4, -0.2) is 11.9 Å². The van der Waals surface area contributed by atoms with Gasteiger partial charge in [-0.2, -0.15) is 0 Å². The number of ether oxygens (including phenoxy) is 1. The van der Waals surface area contributed by atoms with Crippen LogP contribution in [0.4, 0.5) is 0 Å². The maximum Gasteiger partial charge on any atom is 0.161 e. The van der Waals surface area contributed by atoms with Gasteiger partial charge in [0.25, 0.3) is 0 Å². The molecular weight excluding hydrogens is 152 g/mol. The molecule has 0 spiro atoms. The van der Waals surface area contributed by atoms with Gasteiger partial charge in [-0.15, -0.1) is 0 Å². The first-order valence-corrected chi connectivity index (χ1v) is 4.58. The second-order valence-corrected chi connectivity index (χ2v) is 3.46. The van der Waals surface area contributed by atoms with Gasteiger partial charge in [-0.1, -0.05) is 0 Å². The highest BCUT2D eigenvalue weighted by atomic mass is 16.5. The van der Waals surface area contributed by atoms with E-state index in [1.165, 1.54) is 0 Å². The van der Waals surface area contributed by atoms with E-state index in [9.17, 15) is 4.79 Å². The highest BCUT2D eigenvalue weighted by Gasteiger charge is 2.14. The molecule has 0 saturated heterocycles. The molecule has 0 N–H and O–H groups in total. The number of rotatable bonds is 2. The Morgan fingerprint density at radius 2 is 2.00 bits per heavy atom. The van der Waals surface area contributed by atoms with Crippen molar-refractivity contribution in [2.75, 3.05) is 0 Å². The van der Waals surface area contributed by atoms with Crippen LogP contribution < -0.4 is 0 Å². The highest BCUT2D eigenvalue weighted by molar-refractivity contribution is 5.95. The summed E-state index contributed by atoms with van der Waals surface area (Å²) in [6, 6.07) is 0. The molecule has 1 saturated carbocycles. The average molecular weight is 168 g/mol. The number of Topliss-reactive ketones (excluding diaryl/α,β-unsaturated/α-hetero) is 1. The van der Waals surface area contributed by atoms with Crippen LogP contribution in [0.15, 0.2) is 11.8 Å². The van der Waals surface area contributed by atoms with Gasteiger partial charge in [0, 0.05) is 12.0 Å². The van der Waals surface area contributed by atoms with Crippen molar-refractivity contribution in [2.45, 2.75) is 45.6 Å². The molecular formula is C10H16O2. The standard InChI is InChI=1S/C10H16O2/c1-8(2)12-7-9-5-3-4-6-10(9)11/h7-8H,3-6H2,1-2H3/b9-7+. The van der Waals surface area contributed by atoms with Gasteiger partial charge in [0.2, 0.25) is 0 Å². The molecule has 1 aliphatic carbocycles. The second kappa shape index (κ2) is 4.29. The molecule has 2 heteroatoms. The van der Waals surface area contributed by atoms with E-state index in [2.05, 4.69) is 0 Å². The zero-order valence-corrected chi connectivity index (χ0v) is 7.80. The number of carbonyl (C=O) groups excluding carboxylic acids is 1. The predicted octanol–water partition coefficient (Wildman–Crippen LogP) is 2.44. The Morgan fingerprint density at radius 3 is 2.58 bits per heavy atom. The van der Waals surface area contributed by atoms with Crippen LogP contribution in [0.1, 0.15) is 39.5 Å². The summed E-state index contributed by atoms with van der Waals surface area (Å²) >= 11 is 0. The van der Waals surface area contributed by atoms with Crippen molar-refractivity contribution >= 4 is 5.78 Å². The normalized spacial score (nSPS) is 21.9. The van der Waals surface area contributed by atoms with Crippen molar-refractivity contribution in [3.8, 4) is 0 Å². The van der Waals surface area contributed by atoms with Gasteiger partial charge in [0.1, 0.15) is 0 Å². The first kappa shape index (κ1) is 9.30. The number of ketones is 1. The third kappa shape index (κ3) is 2.68. The van der Waals surface area contributed by atoms with Crippen LogP contribution in [0.25, 0.3) is 0 Å². The van der Waals surface area contributed by atoms with Crippen molar-refractivity contribution in [3.63, 3.8) is 0 Å². The molecule has 0 amide bonds. The van der Waals surface area contributed by atoms with Crippen LogP contribution in [-0.2, 0) is 9.53 Å².